The number of nitrogens with zero attached hydrogens (tertiary/aromatic N) is 2. The highest BCUT2D eigenvalue weighted by molar-refractivity contribution is 5.82. The summed E-state index contributed by atoms with van der Waals surface area (Å²) in [6.45, 7) is 3.30. The molecule has 3 fully saturated rings. The molecule has 6 heteroatoms. The maximum atomic E-state index is 13.4. The van der Waals surface area contributed by atoms with Gasteiger partial charge in [-0.05, 0) is 49.3 Å². The smallest absolute Gasteiger partial charge is 0.237 e. The van der Waals surface area contributed by atoms with Crippen LogP contribution in [0.25, 0.3) is 0 Å². The van der Waals surface area contributed by atoms with Crippen molar-refractivity contribution in [1.29, 1.82) is 0 Å². The molecule has 2 saturated carbocycles. The molecular weight excluding hydrogens is 381 g/mol. The summed E-state index contributed by atoms with van der Waals surface area (Å²) in [5.74, 6) is 0.672. The lowest BCUT2D eigenvalue weighted by Gasteiger charge is -2.41. The van der Waals surface area contributed by atoms with E-state index in [0.717, 1.165) is 57.4 Å². The van der Waals surface area contributed by atoms with Gasteiger partial charge in [0.05, 0.1) is 6.04 Å². The summed E-state index contributed by atoms with van der Waals surface area (Å²) in [4.78, 5) is 30.2. The Morgan fingerprint density at radius 1 is 1.00 bits per heavy atom. The van der Waals surface area contributed by atoms with Crippen molar-refractivity contribution >= 4 is 11.8 Å². The lowest BCUT2D eigenvalue weighted by atomic mass is 9.94. The van der Waals surface area contributed by atoms with Gasteiger partial charge in [-0.3, -0.25) is 14.5 Å². The number of carbonyl (C=O) groups is 2. The molecule has 164 valence electrons. The molecule has 30 heavy (non-hydrogen) atoms. The van der Waals surface area contributed by atoms with Crippen LogP contribution in [0.2, 0.25) is 0 Å². The maximum Gasteiger partial charge on any atom is 0.237 e. The first-order valence-electron chi connectivity index (χ1n) is 11.7. The molecule has 1 N–H and O–H groups in total. The zero-order valence-corrected chi connectivity index (χ0v) is 17.8. The van der Waals surface area contributed by atoms with Gasteiger partial charge in [0, 0.05) is 38.6 Å². The van der Waals surface area contributed by atoms with Gasteiger partial charge in [0.2, 0.25) is 11.8 Å². The number of halogens is 1. The molecule has 0 bridgehead atoms. The number of carbonyl (C=O) groups excluding carboxylic acids is 2. The molecule has 0 unspecified atom stereocenters. The Labute approximate surface area is 179 Å². The summed E-state index contributed by atoms with van der Waals surface area (Å²) in [6.07, 6.45) is 8.94. The van der Waals surface area contributed by atoms with Gasteiger partial charge in [0.15, 0.2) is 0 Å². The molecule has 1 aromatic rings. The van der Waals surface area contributed by atoms with Gasteiger partial charge in [0.25, 0.3) is 0 Å². The highest BCUT2D eigenvalue weighted by Crippen LogP contribution is 2.32. The molecule has 1 heterocycles. The normalized spacial score (nSPS) is 22.4. The SMILES string of the molecule is O=C(NCc1cccc(F)c1)[C@@H](C1CCCC1)N1CCN(C(=O)C2CCCC2)CC1. The van der Waals surface area contributed by atoms with E-state index in [1.807, 2.05) is 11.0 Å². The number of hydrogen-bond donors (Lipinski definition) is 1. The number of piperazine rings is 1. The zero-order valence-electron chi connectivity index (χ0n) is 17.8. The van der Waals surface area contributed by atoms with E-state index in [1.54, 1.807) is 6.07 Å². The molecule has 0 spiro atoms. The average Bonchev–Trinajstić information content (AvgIpc) is 3.47. The second-order valence-electron chi connectivity index (χ2n) is 9.18. The number of rotatable bonds is 6. The number of amides is 2. The fraction of sp³-hybridized carbons (Fsp3) is 0.667. The van der Waals surface area contributed by atoms with E-state index in [1.165, 1.54) is 37.8 Å². The molecule has 1 aromatic carbocycles. The van der Waals surface area contributed by atoms with Gasteiger partial charge in [-0.25, -0.2) is 4.39 Å². The van der Waals surface area contributed by atoms with Crippen LogP contribution in [0.1, 0.15) is 56.9 Å². The molecular formula is C24H34FN3O2. The highest BCUT2D eigenvalue weighted by Gasteiger charge is 2.38. The second kappa shape index (κ2) is 9.90. The lowest BCUT2D eigenvalue weighted by molar-refractivity contribution is -0.138. The van der Waals surface area contributed by atoms with Gasteiger partial charge in [0.1, 0.15) is 5.82 Å². The van der Waals surface area contributed by atoms with Crippen molar-refractivity contribution in [2.24, 2.45) is 11.8 Å². The Balaban J connectivity index is 1.36. The van der Waals surface area contributed by atoms with Crippen molar-refractivity contribution in [3.8, 4) is 0 Å². The third kappa shape index (κ3) is 5.02. The predicted octanol–water partition coefficient (Wildman–Crippen LogP) is 3.34. The molecule has 1 saturated heterocycles. The Kier molecular flexibility index (Phi) is 7.03. The third-order valence-electron chi connectivity index (χ3n) is 7.19. The summed E-state index contributed by atoms with van der Waals surface area (Å²) in [5.41, 5.74) is 0.778. The van der Waals surface area contributed by atoms with E-state index in [2.05, 4.69) is 10.2 Å². The lowest BCUT2D eigenvalue weighted by Crippen LogP contribution is -2.58. The molecule has 0 aromatic heterocycles. The third-order valence-corrected chi connectivity index (χ3v) is 7.19. The van der Waals surface area contributed by atoms with Crippen LogP contribution in [0.3, 0.4) is 0 Å². The van der Waals surface area contributed by atoms with Crippen LogP contribution < -0.4 is 5.32 Å². The monoisotopic (exact) mass is 415 g/mol. The van der Waals surface area contributed by atoms with E-state index >= 15 is 0 Å². The van der Waals surface area contributed by atoms with Gasteiger partial charge in [-0.2, -0.15) is 0 Å². The molecule has 0 radical (unpaired) electrons. The topological polar surface area (TPSA) is 52.7 Å². The van der Waals surface area contributed by atoms with Gasteiger partial charge in [-0.1, -0.05) is 37.8 Å². The molecule has 4 rings (SSSR count). The Hall–Kier alpha value is -1.95. The first-order chi connectivity index (χ1) is 14.6. The van der Waals surface area contributed by atoms with Crippen LogP contribution in [0.5, 0.6) is 0 Å². The molecule has 5 nitrogen and oxygen atoms in total. The Morgan fingerprint density at radius 2 is 1.67 bits per heavy atom. The van der Waals surface area contributed by atoms with Crippen molar-refractivity contribution < 1.29 is 14.0 Å². The van der Waals surface area contributed by atoms with Crippen molar-refractivity contribution in [2.45, 2.75) is 64.0 Å². The Morgan fingerprint density at radius 3 is 2.33 bits per heavy atom. The zero-order chi connectivity index (χ0) is 20.9. The van der Waals surface area contributed by atoms with Gasteiger partial charge < -0.3 is 10.2 Å². The summed E-state index contributed by atoms with van der Waals surface area (Å²) >= 11 is 0. The molecule has 3 aliphatic rings. The molecule has 1 aliphatic heterocycles. The van der Waals surface area contributed by atoms with Crippen LogP contribution in [0, 0.1) is 17.7 Å². The summed E-state index contributed by atoms with van der Waals surface area (Å²) in [5, 5.41) is 3.05. The Bertz CT molecular complexity index is 736. The molecule has 1 atom stereocenters. The van der Waals surface area contributed by atoms with E-state index in [-0.39, 0.29) is 23.7 Å². The van der Waals surface area contributed by atoms with Crippen LogP contribution >= 0.6 is 0 Å². The quantitative estimate of drug-likeness (QED) is 0.775. The second-order valence-corrected chi connectivity index (χ2v) is 9.18. The van der Waals surface area contributed by atoms with Crippen molar-refractivity contribution in [1.82, 2.24) is 15.1 Å². The number of hydrogen-bond acceptors (Lipinski definition) is 3. The van der Waals surface area contributed by atoms with Crippen molar-refractivity contribution in [3.05, 3.63) is 35.6 Å². The standard InChI is InChI=1S/C24H34FN3O2/c25-21-11-5-6-18(16-21)17-26-23(29)22(19-7-1-2-8-19)27-12-14-28(15-13-27)24(30)20-9-3-4-10-20/h5-6,11,16,19-20,22H,1-4,7-10,12-15,17H2,(H,26,29)/t22-/m1/s1. The van der Waals surface area contributed by atoms with Crippen molar-refractivity contribution in [2.75, 3.05) is 26.2 Å². The fourth-order valence-corrected chi connectivity index (χ4v) is 5.54. The van der Waals surface area contributed by atoms with Gasteiger partial charge >= 0.3 is 0 Å². The van der Waals surface area contributed by atoms with Gasteiger partial charge in [-0.15, -0.1) is 0 Å². The highest BCUT2D eigenvalue weighted by atomic mass is 19.1. The maximum absolute atomic E-state index is 13.4. The van der Waals surface area contributed by atoms with E-state index in [4.69, 9.17) is 0 Å². The van der Waals surface area contributed by atoms with Crippen LogP contribution in [-0.2, 0) is 16.1 Å². The van der Waals surface area contributed by atoms with E-state index in [0.29, 0.717) is 18.4 Å². The number of nitrogens with one attached hydrogen (secondary N) is 1. The fourth-order valence-electron chi connectivity index (χ4n) is 5.54. The van der Waals surface area contributed by atoms with Crippen LogP contribution in [0.15, 0.2) is 24.3 Å². The average molecular weight is 416 g/mol. The molecule has 2 aliphatic carbocycles. The predicted molar refractivity (Wildman–Crippen MR) is 114 cm³/mol. The first-order valence-corrected chi connectivity index (χ1v) is 11.7. The largest absolute Gasteiger partial charge is 0.351 e. The number of benzene rings is 1. The summed E-state index contributed by atoms with van der Waals surface area (Å²) in [6, 6.07) is 6.24. The van der Waals surface area contributed by atoms with Crippen molar-refractivity contribution in [3.63, 3.8) is 0 Å². The first kappa shape index (κ1) is 21.3. The minimum absolute atomic E-state index is 0.0433. The van der Waals surface area contributed by atoms with E-state index < -0.39 is 0 Å². The minimum Gasteiger partial charge on any atom is -0.351 e. The minimum atomic E-state index is -0.280. The summed E-state index contributed by atoms with van der Waals surface area (Å²) < 4.78 is 13.4. The van der Waals surface area contributed by atoms with E-state index in [9.17, 15) is 14.0 Å². The van der Waals surface area contributed by atoms with Crippen LogP contribution in [-0.4, -0.2) is 53.8 Å². The van der Waals surface area contributed by atoms with Crippen LogP contribution in [0.4, 0.5) is 4.39 Å². The summed E-state index contributed by atoms with van der Waals surface area (Å²) in [7, 11) is 0. The molecule has 2 amide bonds.